The molecular weight excluding hydrogens is 368 g/mol. The summed E-state index contributed by atoms with van der Waals surface area (Å²) in [6.07, 6.45) is 2.64. The summed E-state index contributed by atoms with van der Waals surface area (Å²) >= 11 is 0. The second kappa shape index (κ2) is 7.55. The van der Waals surface area contributed by atoms with Crippen molar-refractivity contribution in [3.05, 3.63) is 41.9 Å². The van der Waals surface area contributed by atoms with E-state index in [1.54, 1.807) is 6.33 Å². The summed E-state index contributed by atoms with van der Waals surface area (Å²) in [6, 6.07) is 8.41. The van der Waals surface area contributed by atoms with E-state index in [-0.39, 0.29) is 6.04 Å². The van der Waals surface area contributed by atoms with Crippen molar-refractivity contribution in [3.63, 3.8) is 0 Å². The van der Waals surface area contributed by atoms with E-state index in [2.05, 4.69) is 52.3 Å². The van der Waals surface area contributed by atoms with Crippen LogP contribution in [0.5, 0.6) is 11.5 Å². The number of anilines is 1. The van der Waals surface area contributed by atoms with Gasteiger partial charge in [0, 0.05) is 18.2 Å². The first kappa shape index (κ1) is 18.2. The summed E-state index contributed by atoms with van der Waals surface area (Å²) in [7, 11) is 0. The molecule has 2 N–H and O–H groups in total. The predicted octanol–water partition coefficient (Wildman–Crippen LogP) is 4.04. The number of H-pyrrole nitrogens is 1. The van der Waals surface area contributed by atoms with Gasteiger partial charge in [-0.3, -0.25) is 0 Å². The molecule has 2 aliphatic rings. The zero-order valence-corrected chi connectivity index (χ0v) is 16.8. The van der Waals surface area contributed by atoms with Gasteiger partial charge >= 0.3 is 0 Å². The molecule has 1 aromatic carbocycles. The second-order valence-electron chi connectivity index (χ2n) is 8.04. The van der Waals surface area contributed by atoms with Crippen LogP contribution in [0.2, 0.25) is 0 Å². The monoisotopic (exact) mass is 394 g/mol. The first-order valence-electron chi connectivity index (χ1n) is 10.3. The SMILES string of the molecule is CC(C)[C@@H](Nc1ncnc2[nH]c([C@@H]3CCOC3)cc12)c1ccc2c(c1)OCCO2. The highest BCUT2D eigenvalue weighted by atomic mass is 16.6. The molecule has 152 valence electrons. The van der Waals surface area contributed by atoms with Crippen LogP contribution >= 0.6 is 0 Å². The fourth-order valence-electron chi connectivity index (χ4n) is 4.11. The molecule has 2 aliphatic heterocycles. The number of benzene rings is 1. The maximum Gasteiger partial charge on any atom is 0.161 e. The molecule has 7 nitrogen and oxygen atoms in total. The Balaban J connectivity index is 1.47. The molecule has 0 unspecified atom stereocenters. The fourth-order valence-corrected chi connectivity index (χ4v) is 4.11. The van der Waals surface area contributed by atoms with Crippen LogP contribution in [0, 0.1) is 5.92 Å². The smallest absolute Gasteiger partial charge is 0.161 e. The molecule has 2 aromatic heterocycles. The third-order valence-electron chi connectivity index (χ3n) is 5.70. The van der Waals surface area contributed by atoms with E-state index >= 15 is 0 Å². The minimum absolute atomic E-state index is 0.0806. The van der Waals surface area contributed by atoms with E-state index in [1.807, 2.05) is 6.07 Å². The zero-order valence-electron chi connectivity index (χ0n) is 16.8. The van der Waals surface area contributed by atoms with Crippen molar-refractivity contribution in [2.45, 2.75) is 32.2 Å². The molecule has 0 aliphatic carbocycles. The lowest BCUT2D eigenvalue weighted by atomic mass is 9.95. The molecule has 0 radical (unpaired) electrons. The van der Waals surface area contributed by atoms with Crippen molar-refractivity contribution in [3.8, 4) is 11.5 Å². The van der Waals surface area contributed by atoms with E-state index in [1.165, 1.54) is 5.69 Å². The van der Waals surface area contributed by atoms with Gasteiger partial charge in [-0.2, -0.15) is 0 Å². The number of aromatic nitrogens is 3. The standard InChI is InChI=1S/C22H26N4O3/c1-13(2)20(14-3-4-18-19(9-14)29-8-7-28-18)26-22-16-10-17(15-5-6-27-11-15)25-21(16)23-12-24-22/h3-4,9-10,12-13,15,20H,5-8,11H2,1-2H3,(H2,23,24,25,26)/t15-,20-/m1/s1. The molecule has 0 spiro atoms. The number of hydrogen-bond acceptors (Lipinski definition) is 6. The molecule has 7 heteroatoms. The van der Waals surface area contributed by atoms with Crippen LogP contribution < -0.4 is 14.8 Å². The van der Waals surface area contributed by atoms with Gasteiger partial charge in [-0.15, -0.1) is 0 Å². The van der Waals surface area contributed by atoms with Crippen molar-refractivity contribution < 1.29 is 14.2 Å². The number of rotatable bonds is 5. The number of aromatic amines is 1. The molecule has 2 atom stereocenters. The van der Waals surface area contributed by atoms with Crippen molar-refractivity contribution in [2.75, 3.05) is 31.7 Å². The fraction of sp³-hybridized carbons (Fsp3) is 0.455. The molecule has 0 bridgehead atoms. The van der Waals surface area contributed by atoms with E-state index in [9.17, 15) is 0 Å². The number of nitrogens with one attached hydrogen (secondary N) is 2. The van der Waals surface area contributed by atoms with Gasteiger partial charge in [-0.25, -0.2) is 9.97 Å². The Morgan fingerprint density at radius 3 is 2.72 bits per heavy atom. The molecular formula is C22H26N4O3. The molecule has 0 saturated carbocycles. The van der Waals surface area contributed by atoms with Crippen LogP contribution in [0.3, 0.4) is 0 Å². The number of ether oxygens (including phenoxy) is 3. The third kappa shape index (κ3) is 3.51. The van der Waals surface area contributed by atoms with Crippen molar-refractivity contribution in [1.29, 1.82) is 0 Å². The first-order chi connectivity index (χ1) is 14.2. The highest BCUT2D eigenvalue weighted by Crippen LogP contribution is 2.37. The number of hydrogen-bond donors (Lipinski definition) is 2. The van der Waals surface area contributed by atoms with E-state index in [4.69, 9.17) is 14.2 Å². The van der Waals surface area contributed by atoms with Gasteiger partial charge in [-0.05, 0) is 36.1 Å². The van der Waals surface area contributed by atoms with Crippen LogP contribution in [0.4, 0.5) is 5.82 Å². The second-order valence-corrected chi connectivity index (χ2v) is 8.04. The Bertz CT molecular complexity index is 1010. The summed E-state index contributed by atoms with van der Waals surface area (Å²) in [5, 5.41) is 4.66. The normalized spacial score (nSPS) is 19.6. The van der Waals surface area contributed by atoms with E-state index in [0.717, 1.165) is 53.5 Å². The van der Waals surface area contributed by atoms with Crippen LogP contribution in [0.15, 0.2) is 30.6 Å². The Labute approximate surface area is 169 Å². The van der Waals surface area contributed by atoms with Crippen LogP contribution in [0.25, 0.3) is 11.0 Å². The Hall–Kier alpha value is -2.80. The van der Waals surface area contributed by atoms with Gasteiger partial charge in [0.2, 0.25) is 0 Å². The summed E-state index contributed by atoms with van der Waals surface area (Å²) in [6.45, 7) is 7.15. The van der Waals surface area contributed by atoms with Gasteiger partial charge in [-0.1, -0.05) is 19.9 Å². The highest BCUT2D eigenvalue weighted by Gasteiger charge is 2.23. The first-order valence-corrected chi connectivity index (χ1v) is 10.3. The molecule has 5 rings (SSSR count). The van der Waals surface area contributed by atoms with Gasteiger partial charge in [0.05, 0.1) is 18.0 Å². The average Bonchev–Trinajstić information content (AvgIpc) is 3.41. The van der Waals surface area contributed by atoms with Gasteiger partial charge < -0.3 is 24.5 Å². The van der Waals surface area contributed by atoms with Crippen molar-refractivity contribution >= 4 is 16.9 Å². The molecule has 1 saturated heterocycles. The van der Waals surface area contributed by atoms with Crippen molar-refractivity contribution in [1.82, 2.24) is 15.0 Å². The summed E-state index contributed by atoms with van der Waals surface area (Å²) in [5.74, 6) is 3.20. The van der Waals surface area contributed by atoms with E-state index in [0.29, 0.717) is 25.0 Å². The third-order valence-corrected chi connectivity index (χ3v) is 5.70. The largest absolute Gasteiger partial charge is 0.486 e. The Morgan fingerprint density at radius 1 is 1.07 bits per heavy atom. The van der Waals surface area contributed by atoms with Crippen LogP contribution in [-0.4, -0.2) is 41.4 Å². The van der Waals surface area contributed by atoms with E-state index < -0.39 is 0 Å². The highest BCUT2D eigenvalue weighted by molar-refractivity contribution is 5.88. The maximum absolute atomic E-state index is 5.78. The lowest BCUT2D eigenvalue weighted by Crippen LogP contribution is -2.19. The molecule has 3 aromatic rings. The summed E-state index contributed by atoms with van der Waals surface area (Å²) in [4.78, 5) is 12.4. The molecule has 29 heavy (non-hydrogen) atoms. The van der Waals surface area contributed by atoms with Gasteiger partial charge in [0.1, 0.15) is 31.0 Å². The summed E-state index contributed by atoms with van der Waals surface area (Å²) < 4.78 is 17.0. The Kier molecular flexibility index (Phi) is 4.75. The predicted molar refractivity (Wildman–Crippen MR) is 111 cm³/mol. The van der Waals surface area contributed by atoms with Crippen LogP contribution in [0.1, 0.15) is 43.5 Å². The molecule has 1 fully saturated rings. The van der Waals surface area contributed by atoms with Crippen molar-refractivity contribution in [2.24, 2.45) is 5.92 Å². The molecule has 4 heterocycles. The van der Waals surface area contributed by atoms with Gasteiger partial charge in [0.25, 0.3) is 0 Å². The average molecular weight is 394 g/mol. The summed E-state index contributed by atoms with van der Waals surface area (Å²) in [5.41, 5.74) is 3.17. The topological polar surface area (TPSA) is 81.3 Å². The lowest BCUT2D eigenvalue weighted by molar-refractivity contribution is 0.171. The maximum atomic E-state index is 5.78. The number of fused-ring (bicyclic) bond motifs is 2. The minimum Gasteiger partial charge on any atom is -0.486 e. The Morgan fingerprint density at radius 2 is 1.93 bits per heavy atom. The zero-order chi connectivity index (χ0) is 19.8. The molecule has 0 amide bonds. The minimum atomic E-state index is 0.0806. The lowest BCUT2D eigenvalue weighted by Gasteiger charge is -2.26. The number of nitrogens with zero attached hydrogens (tertiary/aromatic N) is 2. The quantitative estimate of drug-likeness (QED) is 0.680. The van der Waals surface area contributed by atoms with Gasteiger partial charge in [0.15, 0.2) is 11.5 Å². The van der Waals surface area contributed by atoms with Crippen LogP contribution in [-0.2, 0) is 4.74 Å².